The molecule has 0 spiro atoms. The molecular weight excluding hydrogens is 777 g/mol. The molecule has 11 nitrogen and oxygen atoms in total. The summed E-state index contributed by atoms with van der Waals surface area (Å²) in [6.45, 7) is 9.01. The van der Waals surface area contributed by atoms with Gasteiger partial charge in [0.25, 0.3) is 0 Å². The van der Waals surface area contributed by atoms with Gasteiger partial charge in [-0.2, -0.15) is 0 Å². The smallest absolute Gasteiger partial charge is 0.343 e. The fraction of sp³-hybridized carbons (Fsp3) is 0.440. The normalized spacial score (nSPS) is 10.6. The highest BCUT2D eigenvalue weighted by Crippen LogP contribution is 2.26. The van der Waals surface area contributed by atoms with E-state index in [2.05, 4.69) is 13.2 Å². The summed E-state index contributed by atoms with van der Waals surface area (Å²) in [7, 11) is 0. The van der Waals surface area contributed by atoms with Crippen LogP contribution < -0.4 is 18.9 Å². The summed E-state index contributed by atoms with van der Waals surface area (Å²) in [5, 5.41) is 0. The van der Waals surface area contributed by atoms with Gasteiger partial charge in [0.2, 0.25) is 0 Å². The molecule has 0 unspecified atom stereocenters. The van der Waals surface area contributed by atoms with Crippen molar-refractivity contribution in [1.82, 2.24) is 0 Å². The summed E-state index contributed by atoms with van der Waals surface area (Å²) in [5.74, 6) is -0.890. The van der Waals surface area contributed by atoms with Crippen LogP contribution >= 0.6 is 0 Å². The molecule has 328 valence electrons. The Hall–Kier alpha value is -5.84. The molecule has 0 N–H and O–H groups in total. The number of hydrogen-bond donors (Lipinski definition) is 0. The molecule has 61 heavy (non-hydrogen) atoms. The molecule has 3 aromatic rings. The molecule has 0 bridgehead atoms. The maximum absolute atomic E-state index is 12.9. The van der Waals surface area contributed by atoms with Crippen LogP contribution in [0.3, 0.4) is 0 Å². The highest BCUT2D eigenvalue weighted by Gasteiger charge is 2.15. The minimum atomic E-state index is -0.604. The van der Waals surface area contributed by atoms with Crippen LogP contribution in [0.5, 0.6) is 23.0 Å². The molecule has 0 atom stereocenters. The maximum atomic E-state index is 12.9. The summed E-state index contributed by atoms with van der Waals surface area (Å²) >= 11 is 0. The van der Waals surface area contributed by atoms with Crippen LogP contribution in [-0.2, 0) is 23.9 Å². The second-order valence-electron chi connectivity index (χ2n) is 15.0. The topological polar surface area (TPSA) is 149 Å². The third-order valence-electron chi connectivity index (χ3n) is 9.92. The molecule has 0 radical (unpaired) electrons. The Morgan fingerprint density at radius 1 is 0.459 bits per heavy atom. The average Bonchev–Trinajstić information content (AvgIpc) is 3.25. The van der Waals surface area contributed by atoms with Crippen molar-refractivity contribution in [2.75, 3.05) is 6.61 Å². The number of unbranched alkanes of at least 4 members (excludes halogenated alkanes) is 15. The van der Waals surface area contributed by atoms with Gasteiger partial charge in [0.05, 0.1) is 17.7 Å². The van der Waals surface area contributed by atoms with Gasteiger partial charge >= 0.3 is 29.8 Å². The van der Waals surface area contributed by atoms with Crippen molar-refractivity contribution >= 4 is 35.6 Å². The minimum Gasteiger partial charge on any atom is -0.463 e. The van der Waals surface area contributed by atoms with Crippen LogP contribution in [0.1, 0.15) is 155 Å². The molecule has 3 rings (SSSR count). The van der Waals surface area contributed by atoms with Crippen LogP contribution in [0.15, 0.2) is 92.0 Å². The van der Waals surface area contributed by atoms with Crippen molar-refractivity contribution in [2.24, 2.45) is 0 Å². The number of carbonyl (C=O) groups is 6. The number of aryl methyl sites for hydroxylation is 1. The van der Waals surface area contributed by atoms with Crippen LogP contribution in [-0.4, -0.2) is 42.2 Å². The Morgan fingerprint density at radius 3 is 1.31 bits per heavy atom. The van der Waals surface area contributed by atoms with E-state index in [0.717, 1.165) is 109 Å². The van der Waals surface area contributed by atoms with Gasteiger partial charge in [0, 0.05) is 25.3 Å². The van der Waals surface area contributed by atoms with Gasteiger partial charge in [-0.05, 0) is 111 Å². The third kappa shape index (κ3) is 21.3. The first-order chi connectivity index (χ1) is 29.6. The summed E-state index contributed by atoms with van der Waals surface area (Å²) in [6, 6.07) is 17.0. The monoisotopic (exact) mass is 838 g/mol. The van der Waals surface area contributed by atoms with E-state index in [4.69, 9.17) is 23.7 Å². The van der Waals surface area contributed by atoms with Crippen molar-refractivity contribution in [1.29, 1.82) is 0 Å². The minimum absolute atomic E-state index is 0.112. The fourth-order valence-electron chi connectivity index (χ4n) is 6.38. The molecule has 0 fully saturated rings. The number of allylic oxidation sites excluding steroid dienone is 1. The van der Waals surface area contributed by atoms with E-state index < -0.39 is 11.9 Å². The number of ether oxygens (including phenoxy) is 5. The lowest BCUT2D eigenvalue weighted by atomic mass is 10.0. The summed E-state index contributed by atoms with van der Waals surface area (Å²) in [4.78, 5) is 72.6. The third-order valence-corrected chi connectivity index (χ3v) is 9.92. The lowest BCUT2D eigenvalue weighted by Crippen LogP contribution is -2.11. The average molecular weight is 839 g/mol. The highest BCUT2D eigenvalue weighted by atomic mass is 16.6. The van der Waals surface area contributed by atoms with Crippen molar-refractivity contribution in [3.8, 4) is 23.0 Å². The highest BCUT2D eigenvalue weighted by molar-refractivity contribution is 5.92. The first-order valence-electron chi connectivity index (χ1n) is 21.7. The van der Waals surface area contributed by atoms with Gasteiger partial charge in [0.15, 0.2) is 5.78 Å². The zero-order valence-corrected chi connectivity index (χ0v) is 35.8. The number of rotatable bonds is 31. The number of hydrogen-bond acceptors (Lipinski definition) is 11. The zero-order chi connectivity index (χ0) is 44.1. The van der Waals surface area contributed by atoms with E-state index in [0.29, 0.717) is 48.7 Å². The number of benzene rings is 3. The molecule has 0 aliphatic carbocycles. The fourth-order valence-corrected chi connectivity index (χ4v) is 6.38. The predicted molar refractivity (Wildman–Crippen MR) is 234 cm³/mol. The van der Waals surface area contributed by atoms with E-state index in [1.807, 2.05) is 0 Å². The second kappa shape index (κ2) is 29.4. The summed E-state index contributed by atoms with van der Waals surface area (Å²) in [5.41, 5.74) is 1.11. The molecule has 0 aliphatic heterocycles. The first kappa shape index (κ1) is 49.5. The molecule has 0 aromatic heterocycles. The first-order valence-corrected chi connectivity index (χ1v) is 21.7. The van der Waals surface area contributed by atoms with E-state index in [1.165, 1.54) is 42.5 Å². The van der Waals surface area contributed by atoms with Crippen LogP contribution in [0.2, 0.25) is 0 Å². The Kier molecular flexibility index (Phi) is 23.9. The SMILES string of the molecule is C=CC(=O)CCCCCCCCCCCC(=O)Oc1ccc(C(=O)Oc2ccc(OC(=O)c3ccc(OC(=O)CCCCCCCCCCOC(=O)C=C)cc3)cc2C)cc1. The van der Waals surface area contributed by atoms with Crippen molar-refractivity contribution in [2.45, 2.75) is 135 Å². The molecule has 0 heterocycles. The molecule has 0 saturated heterocycles. The Balaban J connectivity index is 1.29. The summed E-state index contributed by atoms with van der Waals surface area (Å²) < 4.78 is 26.9. The Labute approximate surface area is 360 Å². The number of esters is 5. The zero-order valence-electron chi connectivity index (χ0n) is 35.8. The number of carbonyl (C=O) groups excluding carboxylic acids is 6. The van der Waals surface area contributed by atoms with Crippen molar-refractivity contribution in [3.05, 3.63) is 109 Å². The summed E-state index contributed by atoms with van der Waals surface area (Å²) in [6.07, 6.45) is 20.9. The lowest BCUT2D eigenvalue weighted by Gasteiger charge is -2.11. The van der Waals surface area contributed by atoms with Crippen LogP contribution in [0, 0.1) is 6.92 Å². The van der Waals surface area contributed by atoms with Crippen LogP contribution in [0.25, 0.3) is 0 Å². The van der Waals surface area contributed by atoms with Crippen LogP contribution in [0.4, 0.5) is 0 Å². The van der Waals surface area contributed by atoms with Gasteiger partial charge in [-0.1, -0.05) is 96.6 Å². The quantitative estimate of drug-likeness (QED) is 0.0264. The molecular formula is C50H62O11. The molecule has 0 amide bonds. The van der Waals surface area contributed by atoms with E-state index >= 15 is 0 Å². The van der Waals surface area contributed by atoms with E-state index in [-0.39, 0.29) is 40.6 Å². The standard InChI is InChI=1S/C50H62O11/c1-4-41(51)23-19-15-11-7-6-8-12-16-20-24-48(54)59-43-32-28-40(29-33-43)50(56)61-45-35-34-44(37-38(45)3)60-49(55)39-26-30-42(31-27-39)58-47(53)25-21-17-13-9-10-14-18-22-36-57-46(52)5-2/h4-5,26-35,37H,1-2,6-25,36H2,3H3. The largest absolute Gasteiger partial charge is 0.463 e. The van der Waals surface area contributed by atoms with Crippen molar-refractivity contribution < 1.29 is 52.5 Å². The van der Waals surface area contributed by atoms with E-state index in [9.17, 15) is 28.8 Å². The molecule has 11 heteroatoms. The number of ketones is 1. The van der Waals surface area contributed by atoms with E-state index in [1.54, 1.807) is 43.3 Å². The molecule has 0 aliphatic rings. The van der Waals surface area contributed by atoms with Gasteiger partial charge < -0.3 is 23.7 Å². The van der Waals surface area contributed by atoms with Crippen molar-refractivity contribution in [3.63, 3.8) is 0 Å². The lowest BCUT2D eigenvalue weighted by molar-refractivity contribution is -0.138. The molecule has 0 saturated carbocycles. The van der Waals surface area contributed by atoms with Gasteiger partial charge in [0.1, 0.15) is 23.0 Å². The Bertz CT molecular complexity index is 1860. The predicted octanol–water partition coefficient (Wildman–Crippen LogP) is 11.5. The molecule has 3 aromatic carbocycles. The van der Waals surface area contributed by atoms with Gasteiger partial charge in [-0.15, -0.1) is 0 Å². The van der Waals surface area contributed by atoms with Gasteiger partial charge in [-0.25, -0.2) is 14.4 Å². The maximum Gasteiger partial charge on any atom is 0.343 e. The Morgan fingerprint density at radius 2 is 0.869 bits per heavy atom. The second-order valence-corrected chi connectivity index (χ2v) is 15.0. The van der Waals surface area contributed by atoms with Gasteiger partial charge in [-0.3, -0.25) is 14.4 Å².